The molecule has 4 N–H and O–H groups in total. The number of para-hydroxylation sites is 1. The quantitative estimate of drug-likeness (QED) is 0.534. The fourth-order valence-electron chi connectivity index (χ4n) is 2.87. The lowest BCUT2D eigenvalue weighted by Gasteiger charge is -2.11. The Morgan fingerprint density at radius 1 is 1.00 bits per heavy atom. The number of H-pyrrole nitrogens is 1. The summed E-state index contributed by atoms with van der Waals surface area (Å²) in [5.74, 6) is -0.577. The summed E-state index contributed by atoms with van der Waals surface area (Å²) in [5, 5.41) is 4.07. The van der Waals surface area contributed by atoms with Gasteiger partial charge in [-0.2, -0.15) is 0 Å². The summed E-state index contributed by atoms with van der Waals surface area (Å²) >= 11 is 0. The highest BCUT2D eigenvalue weighted by molar-refractivity contribution is 5.90. The molecule has 3 rings (SSSR count). The minimum absolute atomic E-state index is 0.0806. The van der Waals surface area contributed by atoms with Crippen molar-refractivity contribution in [2.24, 2.45) is 0 Å². The molecule has 0 radical (unpaired) electrons. The van der Waals surface area contributed by atoms with Crippen molar-refractivity contribution in [3.05, 3.63) is 65.4 Å². The average molecular weight is 350 g/mol. The summed E-state index contributed by atoms with van der Waals surface area (Å²) in [7, 11) is 0. The van der Waals surface area contributed by atoms with Gasteiger partial charge in [-0.1, -0.05) is 35.9 Å². The molecular weight excluding hydrogens is 328 g/mol. The molecule has 0 unspecified atom stereocenters. The number of nitrogens with one attached hydrogen (secondary N) is 4. The van der Waals surface area contributed by atoms with E-state index >= 15 is 0 Å². The van der Waals surface area contributed by atoms with Gasteiger partial charge in [-0.25, -0.2) is 0 Å². The molecule has 1 heterocycles. The number of hydrogen-bond acceptors (Lipinski definition) is 3. The summed E-state index contributed by atoms with van der Waals surface area (Å²) < 4.78 is 0. The van der Waals surface area contributed by atoms with Gasteiger partial charge >= 0.3 is 0 Å². The van der Waals surface area contributed by atoms with E-state index in [4.69, 9.17) is 0 Å². The van der Waals surface area contributed by atoms with Crippen molar-refractivity contribution in [3.8, 4) is 0 Å². The number of carbonyl (C=O) groups excluding carboxylic acids is 2. The molecule has 0 aliphatic heterocycles. The molecule has 0 bridgehead atoms. The number of aromatic nitrogens is 1. The van der Waals surface area contributed by atoms with Crippen LogP contribution in [0.5, 0.6) is 0 Å². The van der Waals surface area contributed by atoms with E-state index in [1.807, 2.05) is 62.5 Å². The molecule has 1 aromatic heterocycles. The summed E-state index contributed by atoms with van der Waals surface area (Å²) in [6, 6.07) is 13.7. The smallest absolute Gasteiger partial charge is 0.257 e. The van der Waals surface area contributed by atoms with Gasteiger partial charge < -0.3 is 10.3 Å². The number of carbonyl (C=O) groups is 2. The first-order valence-corrected chi connectivity index (χ1v) is 8.47. The second-order valence-electron chi connectivity index (χ2n) is 6.30. The number of fused-ring (bicyclic) bond motifs is 1. The van der Waals surface area contributed by atoms with Crippen LogP contribution in [0, 0.1) is 13.8 Å². The summed E-state index contributed by atoms with van der Waals surface area (Å²) in [4.78, 5) is 27.1. The van der Waals surface area contributed by atoms with E-state index in [9.17, 15) is 9.59 Å². The molecule has 0 aliphatic carbocycles. The lowest BCUT2D eigenvalue weighted by Crippen LogP contribution is -2.44. The van der Waals surface area contributed by atoms with Crippen LogP contribution in [0.25, 0.3) is 10.9 Å². The Balaban J connectivity index is 1.47. The van der Waals surface area contributed by atoms with E-state index in [1.54, 1.807) is 0 Å². The fraction of sp³-hybridized carbons (Fsp3) is 0.200. The average Bonchev–Trinajstić information content (AvgIpc) is 3.02. The molecule has 0 spiro atoms. The standard InChI is InChI=1S/C20H22N4O2/c1-13-7-8-17(14(2)9-13)22-12-20(26)24-23-19(25)10-15-11-21-18-6-4-3-5-16(15)18/h3-9,11,21-22H,10,12H2,1-2H3,(H,23,25)(H,24,26). The Hall–Kier alpha value is -3.28. The number of rotatable bonds is 5. The summed E-state index contributed by atoms with van der Waals surface area (Å²) in [6.07, 6.45) is 2.00. The maximum atomic E-state index is 12.1. The zero-order valence-corrected chi connectivity index (χ0v) is 14.8. The van der Waals surface area contributed by atoms with Crippen LogP contribution in [-0.4, -0.2) is 23.3 Å². The van der Waals surface area contributed by atoms with E-state index in [1.165, 1.54) is 5.56 Å². The van der Waals surface area contributed by atoms with Crippen LogP contribution < -0.4 is 16.2 Å². The van der Waals surface area contributed by atoms with Crippen molar-refractivity contribution in [3.63, 3.8) is 0 Å². The first-order chi connectivity index (χ1) is 12.5. The van der Waals surface area contributed by atoms with E-state index in [0.717, 1.165) is 27.7 Å². The molecule has 6 heteroatoms. The number of aromatic amines is 1. The van der Waals surface area contributed by atoms with Crippen molar-refractivity contribution in [1.82, 2.24) is 15.8 Å². The Labute approximate surface area is 152 Å². The maximum absolute atomic E-state index is 12.1. The lowest BCUT2D eigenvalue weighted by molar-refractivity contribution is -0.127. The zero-order valence-electron chi connectivity index (χ0n) is 14.8. The Morgan fingerprint density at radius 2 is 1.77 bits per heavy atom. The molecule has 0 atom stereocenters. The number of amides is 2. The van der Waals surface area contributed by atoms with E-state index < -0.39 is 0 Å². The summed E-state index contributed by atoms with van der Waals surface area (Å²) in [6.45, 7) is 4.08. The van der Waals surface area contributed by atoms with Crippen LogP contribution in [0.3, 0.4) is 0 Å². The van der Waals surface area contributed by atoms with Gasteiger partial charge in [0.25, 0.3) is 5.91 Å². The number of benzene rings is 2. The van der Waals surface area contributed by atoms with Crippen molar-refractivity contribution in [2.45, 2.75) is 20.3 Å². The van der Waals surface area contributed by atoms with Gasteiger partial charge in [-0.3, -0.25) is 20.4 Å². The van der Waals surface area contributed by atoms with Gasteiger partial charge in [-0.05, 0) is 37.1 Å². The molecular formula is C20H22N4O2. The molecule has 2 aromatic carbocycles. The molecule has 26 heavy (non-hydrogen) atoms. The monoisotopic (exact) mass is 350 g/mol. The molecule has 0 saturated heterocycles. The fourth-order valence-corrected chi connectivity index (χ4v) is 2.87. The van der Waals surface area contributed by atoms with Gasteiger partial charge in [0.05, 0.1) is 13.0 Å². The van der Waals surface area contributed by atoms with Crippen LogP contribution in [0.2, 0.25) is 0 Å². The zero-order chi connectivity index (χ0) is 18.5. The third-order valence-corrected chi connectivity index (χ3v) is 4.19. The first kappa shape index (κ1) is 17.5. The van der Waals surface area contributed by atoms with Gasteiger partial charge in [-0.15, -0.1) is 0 Å². The van der Waals surface area contributed by atoms with E-state index in [2.05, 4.69) is 21.2 Å². The highest BCUT2D eigenvalue weighted by atomic mass is 16.2. The molecule has 2 amide bonds. The van der Waals surface area contributed by atoms with Crippen LogP contribution in [0.4, 0.5) is 5.69 Å². The highest BCUT2D eigenvalue weighted by Crippen LogP contribution is 2.18. The number of hydrogen-bond donors (Lipinski definition) is 4. The largest absolute Gasteiger partial charge is 0.376 e. The van der Waals surface area contributed by atoms with E-state index in [-0.39, 0.29) is 24.8 Å². The normalized spacial score (nSPS) is 10.5. The van der Waals surface area contributed by atoms with Gasteiger partial charge in [0.2, 0.25) is 5.91 Å². The predicted octanol–water partition coefficient (Wildman–Crippen LogP) is 2.59. The SMILES string of the molecule is Cc1ccc(NCC(=O)NNC(=O)Cc2c[nH]c3ccccc23)c(C)c1. The highest BCUT2D eigenvalue weighted by Gasteiger charge is 2.10. The Kier molecular flexibility index (Phi) is 5.22. The van der Waals surface area contributed by atoms with Gasteiger partial charge in [0, 0.05) is 22.8 Å². The van der Waals surface area contributed by atoms with Crippen molar-refractivity contribution < 1.29 is 9.59 Å². The third-order valence-electron chi connectivity index (χ3n) is 4.19. The second kappa shape index (κ2) is 7.74. The van der Waals surface area contributed by atoms with Crippen molar-refractivity contribution in [2.75, 3.05) is 11.9 Å². The van der Waals surface area contributed by atoms with Crippen LogP contribution in [0.1, 0.15) is 16.7 Å². The van der Waals surface area contributed by atoms with Crippen molar-refractivity contribution >= 4 is 28.4 Å². The predicted molar refractivity (Wildman–Crippen MR) is 103 cm³/mol. The lowest BCUT2D eigenvalue weighted by atomic mass is 10.1. The number of hydrazine groups is 1. The second-order valence-corrected chi connectivity index (χ2v) is 6.30. The minimum atomic E-state index is -0.308. The number of aryl methyl sites for hydroxylation is 2. The van der Waals surface area contributed by atoms with Crippen LogP contribution in [-0.2, 0) is 16.0 Å². The third kappa shape index (κ3) is 4.22. The maximum Gasteiger partial charge on any atom is 0.257 e. The molecule has 3 aromatic rings. The van der Waals surface area contributed by atoms with Gasteiger partial charge in [0.1, 0.15) is 0 Å². The molecule has 6 nitrogen and oxygen atoms in total. The Bertz CT molecular complexity index is 946. The molecule has 134 valence electrons. The molecule has 0 aliphatic rings. The van der Waals surface area contributed by atoms with Gasteiger partial charge in [0.15, 0.2) is 0 Å². The Morgan fingerprint density at radius 3 is 2.58 bits per heavy atom. The topological polar surface area (TPSA) is 86.0 Å². The first-order valence-electron chi connectivity index (χ1n) is 8.47. The molecule has 0 fully saturated rings. The van der Waals surface area contributed by atoms with Crippen LogP contribution in [0.15, 0.2) is 48.7 Å². The summed E-state index contributed by atoms with van der Waals surface area (Å²) in [5.41, 5.74) is 9.90. The number of anilines is 1. The van der Waals surface area contributed by atoms with E-state index in [0.29, 0.717) is 0 Å². The minimum Gasteiger partial charge on any atom is -0.376 e. The molecule has 0 saturated carbocycles. The van der Waals surface area contributed by atoms with Crippen molar-refractivity contribution in [1.29, 1.82) is 0 Å². The van der Waals surface area contributed by atoms with Crippen LogP contribution >= 0.6 is 0 Å².